The van der Waals surface area contributed by atoms with Crippen molar-refractivity contribution in [2.24, 2.45) is 0 Å². The van der Waals surface area contributed by atoms with E-state index in [0.29, 0.717) is 10.0 Å². The second kappa shape index (κ2) is 5.93. The smallest absolute Gasteiger partial charge is 0.0491 e. The molecule has 0 N–H and O–H groups in total. The Kier molecular flexibility index (Phi) is 4.01. The topological polar surface area (TPSA) is 0 Å². The third kappa shape index (κ3) is 2.83. The molecule has 0 unspecified atom stereocenters. The van der Waals surface area contributed by atoms with Gasteiger partial charge in [-0.25, -0.2) is 0 Å². The first-order chi connectivity index (χ1) is 10.2. The highest BCUT2D eigenvalue weighted by molar-refractivity contribution is 6.37. The van der Waals surface area contributed by atoms with Crippen molar-refractivity contribution in [3.8, 4) is 22.3 Å². The fraction of sp³-hybridized carbons (Fsp3) is 0.0526. The maximum absolute atomic E-state index is 6.50. The molecule has 0 amide bonds. The van der Waals surface area contributed by atoms with Gasteiger partial charge < -0.3 is 0 Å². The lowest BCUT2D eigenvalue weighted by atomic mass is 9.97. The number of halogens is 2. The molecule has 0 saturated carbocycles. The molecule has 0 atom stereocenters. The van der Waals surface area contributed by atoms with Gasteiger partial charge in [-0.3, -0.25) is 0 Å². The Labute approximate surface area is 135 Å². The van der Waals surface area contributed by atoms with Crippen LogP contribution in [0.2, 0.25) is 10.0 Å². The summed E-state index contributed by atoms with van der Waals surface area (Å²) in [7, 11) is 0. The minimum absolute atomic E-state index is 0.712. The van der Waals surface area contributed by atoms with Gasteiger partial charge in [0.05, 0.1) is 0 Å². The molecule has 3 rings (SSSR count). The van der Waals surface area contributed by atoms with Gasteiger partial charge in [-0.1, -0.05) is 77.8 Å². The molecular weight excluding hydrogens is 299 g/mol. The fourth-order valence-electron chi connectivity index (χ4n) is 2.47. The average molecular weight is 313 g/mol. The molecule has 0 bridgehead atoms. The number of aryl methyl sites for hydroxylation is 1. The quantitative estimate of drug-likeness (QED) is 0.497. The molecule has 0 fully saturated rings. The van der Waals surface area contributed by atoms with Crippen molar-refractivity contribution in [2.45, 2.75) is 6.92 Å². The highest BCUT2D eigenvalue weighted by Crippen LogP contribution is 2.38. The molecular formula is C19H14Cl2. The maximum atomic E-state index is 6.50. The van der Waals surface area contributed by atoms with Crippen LogP contribution in [-0.4, -0.2) is 0 Å². The number of hydrogen-bond donors (Lipinski definition) is 0. The van der Waals surface area contributed by atoms with Crippen LogP contribution in [-0.2, 0) is 0 Å². The summed E-state index contributed by atoms with van der Waals surface area (Å²) in [5, 5.41) is 1.43. The zero-order chi connectivity index (χ0) is 14.8. The van der Waals surface area contributed by atoms with E-state index in [1.807, 2.05) is 54.6 Å². The highest BCUT2D eigenvalue weighted by Gasteiger charge is 2.11. The molecule has 0 spiro atoms. The van der Waals surface area contributed by atoms with Gasteiger partial charge in [-0.2, -0.15) is 0 Å². The summed E-state index contributed by atoms with van der Waals surface area (Å²) in [6.07, 6.45) is 0. The Morgan fingerprint density at radius 3 is 1.90 bits per heavy atom. The lowest BCUT2D eigenvalue weighted by Crippen LogP contribution is -1.87. The van der Waals surface area contributed by atoms with Crippen molar-refractivity contribution >= 4 is 23.2 Å². The van der Waals surface area contributed by atoms with Crippen LogP contribution in [0.1, 0.15) is 5.56 Å². The Hall–Kier alpha value is -1.76. The summed E-state index contributed by atoms with van der Waals surface area (Å²) >= 11 is 13.0. The zero-order valence-electron chi connectivity index (χ0n) is 11.6. The van der Waals surface area contributed by atoms with E-state index < -0.39 is 0 Å². The lowest BCUT2D eigenvalue weighted by Gasteiger charge is -2.12. The Morgan fingerprint density at radius 2 is 1.19 bits per heavy atom. The van der Waals surface area contributed by atoms with Crippen molar-refractivity contribution in [3.63, 3.8) is 0 Å². The van der Waals surface area contributed by atoms with Gasteiger partial charge in [0.25, 0.3) is 0 Å². The summed E-state index contributed by atoms with van der Waals surface area (Å²) in [5.74, 6) is 0. The van der Waals surface area contributed by atoms with Crippen LogP contribution in [0, 0.1) is 6.92 Å². The number of benzene rings is 3. The van der Waals surface area contributed by atoms with Crippen LogP contribution in [0.3, 0.4) is 0 Å². The molecule has 0 aliphatic rings. The summed E-state index contributed by atoms with van der Waals surface area (Å²) in [6, 6.07) is 22.1. The third-order valence-corrected chi connectivity index (χ3v) is 4.20. The summed E-state index contributed by atoms with van der Waals surface area (Å²) in [4.78, 5) is 0. The van der Waals surface area contributed by atoms with Gasteiger partial charge in [-0.15, -0.1) is 0 Å². The first-order valence-electron chi connectivity index (χ1n) is 6.77. The molecule has 2 heteroatoms. The average Bonchev–Trinajstić information content (AvgIpc) is 2.51. The van der Waals surface area contributed by atoms with Crippen molar-refractivity contribution < 1.29 is 0 Å². The van der Waals surface area contributed by atoms with E-state index in [1.54, 1.807) is 0 Å². The minimum atomic E-state index is 0.712. The Morgan fingerprint density at radius 1 is 0.619 bits per heavy atom. The van der Waals surface area contributed by atoms with Gasteiger partial charge in [-0.05, 0) is 35.7 Å². The van der Waals surface area contributed by atoms with Crippen LogP contribution < -0.4 is 0 Å². The van der Waals surface area contributed by atoms with Crippen LogP contribution >= 0.6 is 23.2 Å². The van der Waals surface area contributed by atoms with E-state index in [2.05, 4.69) is 19.1 Å². The monoisotopic (exact) mass is 312 g/mol. The third-order valence-electron chi connectivity index (χ3n) is 3.58. The van der Waals surface area contributed by atoms with Crippen molar-refractivity contribution in [2.75, 3.05) is 0 Å². The van der Waals surface area contributed by atoms with Crippen LogP contribution in [0.4, 0.5) is 0 Å². The molecule has 0 aromatic heterocycles. The van der Waals surface area contributed by atoms with Crippen LogP contribution in [0.5, 0.6) is 0 Å². The van der Waals surface area contributed by atoms with Crippen molar-refractivity contribution in [3.05, 3.63) is 82.3 Å². The number of hydrogen-bond acceptors (Lipinski definition) is 0. The van der Waals surface area contributed by atoms with Crippen LogP contribution in [0.15, 0.2) is 66.7 Å². The van der Waals surface area contributed by atoms with E-state index in [9.17, 15) is 0 Å². The Bertz CT molecular complexity index is 777. The van der Waals surface area contributed by atoms with E-state index in [-0.39, 0.29) is 0 Å². The lowest BCUT2D eigenvalue weighted by molar-refractivity contribution is 1.46. The van der Waals surface area contributed by atoms with E-state index >= 15 is 0 Å². The predicted octanol–water partition coefficient (Wildman–Crippen LogP) is 6.64. The molecule has 3 aromatic carbocycles. The van der Waals surface area contributed by atoms with Gasteiger partial charge in [0.2, 0.25) is 0 Å². The highest BCUT2D eigenvalue weighted by atomic mass is 35.5. The summed E-state index contributed by atoms with van der Waals surface area (Å²) in [6.45, 7) is 2.07. The van der Waals surface area contributed by atoms with Gasteiger partial charge in [0.1, 0.15) is 0 Å². The van der Waals surface area contributed by atoms with Crippen molar-refractivity contribution in [1.82, 2.24) is 0 Å². The Balaban J connectivity index is 2.15. The van der Waals surface area contributed by atoms with E-state index in [4.69, 9.17) is 23.2 Å². The predicted molar refractivity (Wildman–Crippen MR) is 92.1 cm³/mol. The normalized spacial score (nSPS) is 10.6. The molecule has 0 aliphatic heterocycles. The molecule has 21 heavy (non-hydrogen) atoms. The van der Waals surface area contributed by atoms with Gasteiger partial charge in [0, 0.05) is 21.2 Å². The summed E-state index contributed by atoms with van der Waals surface area (Å²) in [5.41, 5.74) is 5.30. The van der Waals surface area contributed by atoms with Gasteiger partial charge in [0.15, 0.2) is 0 Å². The van der Waals surface area contributed by atoms with Crippen LogP contribution in [0.25, 0.3) is 22.3 Å². The molecule has 0 aliphatic carbocycles. The minimum Gasteiger partial charge on any atom is -0.0836 e. The SMILES string of the molecule is Cc1ccccc1-c1cc(Cl)c(-c2ccccc2)cc1Cl. The standard InChI is InChI=1S/C19H14Cl2/c1-13-7-5-6-10-15(13)17-12-18(20)16(11-19(17)21)14-8-3-2-4-9-14/h2-12H,1H3. The molecule has 3 aromatic rings. The van der Waals surface area contributed by atoms with E-state index in [0.717, 1.165) is 22.3 Å². The molecule has 0 heterocycles. The molecule has 0 radical (unpaired) electrons. The molecule has 0 nitrogen and oxygen atoms in total. The van der Waals surface area contributed by atoms with Gasteiger partial charge >= 0.3 is 0 Å². The second-order valence-corrected chi connectivity index (χ2v) is 5.81. The molecule has 0 saturated heterocycles. The summed E-state index contributed by atoms with van der Waals surface area (Å²) < 4.78 is 0. The molecule has 104 valence electrons. The largest absolute Gasteiger partial charge is 0.0836 e. The fourth-order valence-corrected chi connectivity index (χ4v) is 3.01. The number of rotatable bonds is 2. The second-order valence-electron chi connectivity index (χ2n) is 4.99. The van der Waals surface area contributed by atoms with E-state index in [1.165, 1.54) is 5.56 Å². The zero-order valence-corrected chi connectivity index (χ0v) is 13.1. The maximum Gasteiger partial charge on any atom is 0.0491 e. The first kappa shape index (κ1) is 14.2. The van der Waals surface area contributed by atoms with Crippen molar-refractivity contribution in [1.29, 1.82) is 0 Å². The first-order valence-corrected chi connectivity index (χ1v) is 7.53.